The van der Waals surface area contributed by atoms with Gasteiger partial charge in [-0.2, -0.15) is 0 Å². The summed E-state index contributed by atoms with van der Waals surface area (Å²) in [6, 6.07) is 0. The summed E-state index contributed by atoms with van der Waals surface area (Å²) in [6.07, 6.45) is 24.1. The first kappa shape index (κ1) is 36.8. The van der Waals surface area contributed by atoms with Crippen molar-refractivity contribution in [1.29, 1.82) is 0 Å². The molecule has 0 aromatic rings. The highest BCUT2D eigenvalue weighted by atomic mass is 31.2. The summed E-state index contributed by atoms with van der Waals surface area (Å²) in [5, 5.41) is 0. The molecule has 0 spiro atoms. The lowest BCUT2D eigenvalue weighted by atomic mass is 10.1. The van der Waals surface area contributed by atoms with Crippen molar-refractivity contribution in [3.63, 3.8) is 0 Å². The highest BCUT2D eigenvalue weighted by Crippen LogP contribution is 2.35. The first-order valence-corrected chi connectivity index (χ1v) is 16.5. The Morgan fingerprint density at radius 1 is 0.658 bits per heavy atom. The average Bonchev–Trinajstić information content (AvgIpc) is 2.87. The van der Waals surface area contributed by atoms with Gasteiger partial charge in [0.2, 0.25) is 0 Å². The van der Waals surface area contributed by atoms with Crippen LogP contribution in [-0.4, -0.2) is 41.0 Å². The lowest BCUT2D eigenvalue weighted by molar-refractivity contribution is -0.161. The molecular formula is C29H55O8P. The van der Waals surface area contributed by atoms with Crippen molar-refractivity contribution in [2.45, 2.75) is 148 Å². The van der Waals surface area contributed by atoms with Gasteiger partial charge in [0, 0.05) is 12.8 Å². The van der Waals surface area contributed by atoms with Crippen LogP contribution in [0, 0.1) is 0 Å². The number of carbonyl (C=O) groups is 2. The molecule has 0 saturated heterocycles. The number of phosphoric acid groups is 1. The van der Waals surface area contributed by atoms with Crippen LogP contribution >= 0.6 is 7.82 Å². The summed E-state index contributed by atoms with van der Waals surface area (Å²) in [7, 11) is -4.73. The number of allylic oxidation sites excluding steroid dienone is 2. The average molecular weight is 563 g/mol. The van der Waals surface area contributed by atoms with Crippen LogP contribution in [0.4, 0.5) is 0 Å². The van der Waals surface area contributed by atoms with E-state index < -0.39 is 32.5 Å². The van der Waals surface area contributed by atoms with Gasteiger partial charge in [-0.3, -0.25) is 14.1 Å². The zero-order valence-corrected chi connectivity index (χ0v) is 25.0. The highest BCUT2D eigenvalue weighted by molar-refractivity contribution is 7.46. The molecular weight excluding hydrogens is 507 g/mol. The first-order chi connectivity index (χ1) is 18.3. The van der Waals surface area contributed by atoms with Gasteiger partial charge >= 0.3 is 19.8 Å². The second-order valence-corrected chi connectivity index (χ2v) is 11.3. The maximum absolute atomic E-state index is 12.2. The molecule has 0 aromatic carbocycles. The van der Waals surface area contributed by atoms with Gasteiger partial charge in [0.25, 0.3) is 0 Å². The van der Waals surface area contributed by atoms with Crippen molar-refractivity contribution >= 4 is 19.8 Å². The first-order valence-electron chi connectivity index (χ1n) is 15.0. The van der Waals surface area contributed by atoms with Crippen LogP contribution in [0.15, 0.2) is 12.2 Å². The van der Waals surface area contributed by atoms with E-state index in [1.54, 1.807) is 0 Å². The lowest BCUT2D eigenvalue weighted by Crippen LogP contribution is -2.29. The number of unbranched alkanes of at least 4 members (excludes halogenated alkanes) is 15. The Morgan fingerprint density at radius 2 is 1.11 bits per heavy atom. The van der Waals surface area contributed by atoms with Gasteiger partial charge in [-0.1, -0.05) is 103 Å². The number of ether oxygens (including phenoxy) is 2. The minimum absolute atomic E-state index is 0.209. The summed E-state index contributed by atoms with van der Waals surface area (Å²) in [4.78, 5) is 42.1. The molecule has 0 aliphatic heterocycles. The molecule has 0 rings (SSSR count). The molecule has 0 amide bonds. The Kier molecular flexibility index (Phi) is 25.2. The highest BCUT2D eigenvalue weighted by Gasteiger charge is 2.22. The summed E-state index contributed by atoms with van der Waals surface area (Å²) >= 11 is 0. The van der Waals surface area contributed by atoms with Crippen molar-refractivity contribution < 1.29 is 37.9 Å². The van der Waals surface area contributed by atoms with Gasteiger partial charge in [0.05, 0.1) is 6.61 Å². The molecule has 0 aliphatic carbocycles. The minimum atomic E-state index is -4.73. The Hall–Kier alpha value is -1.21. The van der Waals surface area contributed by atoms with Gasteiger partial charge in [0.15, 0.2) is 6.10 Å². The molecule has 9 heteroatoms. The second-order valence-electron chi connectivity index (χ2n) is 10.1. The predicted molar refractivity (Wildman–Crippen MR) is 152 cm³/mol. The Bertz CT molecular complexity index is 646. The SMILES string of the molecule is CCCCCC/C=C\CCCCCCCCCC(=O)O[C@H](COC(=O)CCCCCCC)COP(=O)(O)O. The zero-order valence-electron chi connectivity index (χ0n) is 24.1. The van der Waals surface area contributed by atoms with Crippen LogP contribution in [0.2, 0.25) is 0 Å². The van der Waals surface area contributed by atoms with E-state index in [1.165, 1.54) is 51.4 Å². The minimum Gasteiger partial charge on any atom is -0.462 e. The molecule has 0 aliphatic rings. The number of carbonyl (C=O) groups excluding carboxylic acids is 2. The van der Waals surface area contributed by atoms with Crippen molar-refractivity contribution in [2.75, 3.05) is 13.2 Å². The Balaban J connectivity index is 3.97. The summed E-state index contributed by atoms with van der Waals surface area (Å²) in [5.74, 6) is -0.904. The molecule has 1 atom stereocenters. The second kappa shape index (κ2) is 26.0. The van der Waals surface area contributed by atoms with Crippen molar-refractivity contribution in [3.05, 3.63) is 12.2 Å². The van der Waals surface area contributed by atoms with Crippen LogP contribution in [0.5, 0.6) is 0 Å². The fourth-order valence-corrected chi connectivity index (χ4v) is 4.37. The molecule has 0 aromatic heterocycles. The predicted octanol–water partition coefficient (Wildman–Crippen LogP) is 7.95. The van der Waals surface area contributed by atoms with E-state index in [-0.39, 0.29) is 19.4 Å². The van der Waals surface area contributed by atoms with Gasteiger partial charge in [-0.25, -0.2) is 4.57 Å². The maximum Gasteiger partial charge on any atom is 0.469 e. The van der Waals surface area contributed by atoms with E-state index in [2.05, 4.69) is 30.5 Å². The van der Waals surface area contributed by atoms with Crippen molar-refractivity contribution in [3.8, 4) is 0 Å². The van der Waals surface area contributed by atoms with E-state index >= 15 is 0 Å². The van der Waals surface area contributed by atoms with E-state index in [1.807, 2.05) is 0 Å². The summed E-state index contributed by atoms with van der Waals surface area (Å²) in [5.41, 5.74) is 0. The van der Waals surface area contributed by atoms with Gasteiger partial charge in [-0.05, 0) is 38.5 Å². The molecule has 0 unspecified atom stereocenters. The van der Waals surface area contributed by atoms with E-state index in [0.29, 0.717) is 6.42 Å². The normalized spacial score (nSPS) is 12.6. The molecule has 38 heavy (non-hydrogen) atoms. The van der Waals surface area contributed by atoms with Gasteiger partial charge in [-0.15, -0.1) is 0 Å². The molecule has 0 saturated carbocycles. The van der Waals surface area contributed by atoms with Crippen LogP contribution in [0.1, 0.15) is 142 Å². The number of hydrogen-bond acceptors (Lipinski definition) is 6. The number of rotatable bonds is 27. The van der Waals surface area contributed by atoms with Crippen LogP contribution in [-0.2, 0) is 28.2 Å². The smallest absolute Gasteiger partial charge is 0.462 e. The molecule has 0 radical (unpaired) electrons. The fraction of sp³-hybridized carbons (Fsp3) is 0.862. The molecule has 224 valence electrons. The van der Waals surface area contributed by atoms with E-state index in [4.69, 9.17) is 19.3 Å². The Labute approximate surface area is 231 Å². The fourth-order valence-electron chi connectivity index (χ4n) is 4.01. The monoisotopic (exact) mass is 562 g/mol. The Morgan fingerprint density at radius 3 is 1.63 bits per heavy atom. The third-order valence-corrected chi connectivity index (χ3v) is 6.77. The third-order valence-electron chi connectivity index (χ3n) is 6.28. The quantitative estimate of drug-likeness (QED) is 0.0448. The largest absolute Gasteiger partial charge is 0.469 e. The lowest BCUT2D eigenvalue weighted by Gasteiger charge is -2.18. The standard InChI is InChI=1S/C29H55O8P/c1-3-5-7-9-10-11-12-13-14-15-16-17-18-20-22-24-29(31)37-27(26-36-38(32,33)34)25-35-28(30)23-21-19-8-6-4-2/h11-12,27H,3-10,13-26H2,1-2H3,(H2,32,33,34)/b12-11-/t27-/m1/s1. The van der Waals surface area contributed by atoms with Gasteiger partial charge < -0.3 is 19.3 Å². The van der Waals surface area contributed by atoms with Crippen LogP contribution < -0.4 is 0 Å². The molecule has 2 N–H and O–H groups in total. The van der Waals surface area contributed by atoms with Crippen LogP contribution in [0.25, 0.3) is 0 Å². The number of esters is 2. The van der Waals surface area contributed by atoms with Crippen LogP contribution in [0.3, 0.4) is 0 Å². The topological polar surface area (TPSA) is 119 Å². The maximum atomic E-state index is 12.2. The number of phosphoric ester groups is 1. The summed E-state index contributed by atoms with van der Waals surface area (Å²) < 4.78 is 25.9. The zero-order chi connectivity index (χ0) is 28.3. The molecule has 0 bridgehead atoms. The summed E-state index contributed by atoms with van der Waals surface area (Å²) in [6.45, 7) is 3.53. The van der Waals surface area contributed by atoms with E-state index in [0.717, 1.165) is 57.8 Å². The molecule has 8 nitrogen and oxygen atoms in total. The molecule has 0 heterocycles. The van der Waals surface area contributed by atoms with Crippen molar-refractivity contribution in [2.24, 2.45) is 0 Å². The molecule has 0 fully saturated rings. The third kappa shape index (κ3) is 27.8. The van der Waals surface area contributed by atoms with Crippen molar-refractivity contribution in [1.82, 2.24) is 0 Å². The van der Waals surface area contributed by atoms with Gasteiger partial charge in [0.1, 0.15) is 6.61 Å². The van der Waals surface area contributed by atoms with E-state index in [9.17, 15) is 14.2 Å². The number of hydrogen-bond donors (Lipinski definition) is 2.